The van der Waals surface area contributed by atoms with Gasteiger partial charge in [0.15, 0.2) is 11.5 Å². The number of pyridine rings is 1. The highest BCUT2D eigenvalue weighted by atomic mass is 32.2. The maximum atomic E-state index is 13.0. The van der Waals surface area contributed by atoms with Gasteiger partial charge in [0.1, 0.15) is 0 Å². The number of carbonyl (C=O) groups is 1. The second-order valence-corrected chi connectivity index (χ2v) is 11.3. The average molecular weight is 500 g/mol. The van der Waals surface area contributed by atoms with Crippen molar-refractivity contribution in [3.63, 3.8) is 0 Å². The molecule has 0 bridgehead atoms. The SMILES string of the molecule is Cc1cc(SCC(=O)Nc2ccc3c(c2)OCO3)nc2ccc(S(=O)(=O)N3CCCCC3)cc12. The Kier molecular flexibility index (Phi) is 6.37. The number of thioether (sulfide) groups is 1. The third-order valence-corrected chi connectivity index (χ3v) is 8.73. The number of nitrogens with zero attached hydrogens (tertiary/aromatic N) is 2. The van der Waals surface area contributed by atoms with Crippen LogP contribution in [0.5, 0.6) is 11.5 Å². The first-order valence-corrected chi connectivity index (χ1v) is 13.6. The van der Waals surface area contributed by atoms with E-state index in [0.717, 1.165) is 30.2 Å². The van der Waals surface area contributed by atoms with Crippen LogP contribution in [-0.2, 0) is 14.8 Å². The number of aromatic nitrogens is 1. The zero-order chi connectivity index (χ0) is 23.7. The van der Waals surface area contributed by atoms with Gasteiger partial charge < -0.3 is 14.8 Å². The summed E-state index contributed by atoms with van der Waals surface area (Å²) in [6, 6.07) is 12.2. The lowest BCUT2D eigenvalue weighted by atomic mass is 10.1. The number of sulfonamides is 1. The van der Waals surface area contributed by atoms with Gasteiger partial charge in [-0.2, -0.15) is 4.31 Å². The maximum absolute atomic E-state index is 13.0. The van der Waals surface area contributed by atoms with Crippen LogP contribution in [0.3, 0.4) is 0 Å². The largest absolute Gasteiger partial charge is 0.454 e. The molecule has 0 spiro atoms. The lowest BCUT2D eigenvalue weighted by Gasteiger charge is -2.26. The lowest BCUT2D eigenvalue weighted by molar-refractivity contribution is -0.113. The molecule has 1 fully saturated rings. The average Bonchev–Trinajstić information content (AvgIpc) is 3.31. The molecule has 0 saturated carbocycles. The molecule has 34 heavy (non-hydrogen) atoms. The van der Waals surface area contributed by atoms with Gasteiger partial charge in [-0.1, -0.05) is 18.2 Å². The number of hydrogen-bond donors (Lipinski definition) is 1. The van der Waals surface area contributed by atoms with E-state index in [1.807, 2.05) is 13.0 Å². The number of carbonyl (C=O) groups excluding carboxylic acids is 1. The molecule has 1 aromatic heterocycles. The molecule has 10 heteroatoms. The van der Waals surface area contributed by atoms with Gasteiger partial charge >= 0.3 is 0 Å². The van der Waals surface area contributed by atoms with E-state index < -0.39 is 10.0 Å². The first kappa shape index (κ1) is 22.9. The van der Waals surface area contributed by atoms with E-state index in [1.54, 1.807) is 40.7 Å². The van der Waals surface area contributed by atoms with Crippen molar-refractivity contribution in [3.8, 4) is 11.5 Å². The smallest absolute Gasteiger partial charge is 0.243 e. The van der Waals surface area contributed by atoms with Crippen molar-refractivity contribution in [2.75, 3.05) is 31.0 Å². The number of nitrogens with one attached hydrogen (secondary N) is 1. The summed E-state index contributed by atoms with van der Waals surface area (Å²) in [6.07, 6.45) is 2.87. The molecule has 1 amide bonds. The molecule has 178 valence electrons. The van der Waals surface area contributed by atoms with E-state index in [2.05, 4.69) is 10.3 Å². The zero-order valence-corrected chi connectivity index (χ0v) is 20.4. The van der Waals surface area contributed by atoms with E-state index in [-0.39, 0.29) is 18.5 Å². The van der Waals surface area contributed by atoms with E-state index in [4.69, 9.17) is 9.47 Å². The molecule has 8 nitrogen and oxygen atoms in total. The fraction of sp³-hybridized carbons (Fsp3) is 0.333. The van der Waals surface area contributed by atoms with Crippen LogP contribution in [0.1, 0.15) is 24.8 Å². The topological polar surface area (TPSA) is 97.8 Å². The minimum atomic E-state index is -3.50. The van der Waals surface area contributed by atoms with Crippen molar-refractivity contribution in [1.29, 1.82) is 0 Å². The van der Waals surface area contributed by atoms with E-state index in [1.165, 1.54) is 11.8 Å². The molecule has 0 unspecified atom stereocenters. The van der Waals surface area contributed by atoms with Crippen LogP contribution in [0.25, 0.3) is 10.9 Å². The van der Waals surface area contributed by atoms with Crippen LogP contribution in [0.4, 0.5) is 5.69 Å². The molecule has 0 aliphatic carbocycles. The summed E-state index contributed by atoms with van der Waals surface area (Å²) in [5.41, 5.74) is 2.26. The first-order chi connectivity index (χ1) is 16.4. The minimum absolute atomic E-state index is 0.161. The normalized spacial score (nSPS) is 16.0. The van der Waals surface area contributed by atoms with Crippen molar-refractivity contribution in [2.45, 2.75) is 36.1 Å². The molecular weight excluding hydrogens is 474 g/mol. The molecule has 2 aliphatic heterocycles. The van der Waals surface area contributed by atoms with Crippen LogP contribution < -0.4 is 14.8 Å². The van der Waals surface area contributed by atoms with E-state index >= 15 is 0 Å². The number of benzene rings is 2. The maximum Gasteiger partial charge on any atom is 0.243 e. The number of amides is 1. The number of anilines is 1. The monoisotopic (exact) mass is 499 g/mol. The summed E-state index contributed by atoms with van der Waals surface area (Å²) in [6.45, 7) is 3.25. The van der Waals surface area contributed by atoms with Crippen molar-refractivity contribution < 1.29 is 22.7 Å². The van der Waals surface area contributed by atoms with Gasteiger partial charge in [0.05, 0.1) is 21.2 Å². The van der Waals surface area contributed by atoms with Gasteiger partial charge in [-0.05, 0) is 61.7 Å². The molecule has 1 saturated heterocycles. The molecular formula is C24H25N3O5S2. The molecule has 1 N–H and O–H groups in total. The molecule has 3 heterocycles. The molecule has 0 radical (unpaired) electrons. The highest BCUT2D eigenvalue weighted by Gasteiger charge is 2.26. The Bertz CT molecular complexity index is 1350. The van der Waals surface area contributed by atoms with Crippen LogP contribution in [0.15, 0.2) is 52.4 Å². The van der Waals surface area contributed by atoms with Crippen molar-refractivity contribution in [3.05, 3.63) is 48.0 Å². The van der Waals surface area contributed by atoms with Gasteiger partial charge in [0.25, 0.3) is 0 Å². The van der Waals surface area contributed by atoms with Gasteiger partial charge in [0, 0.05) is 30.2 Å². The number of ether oxygens (including phenoxy) is 2. The van der Waals surface area contributed by atoms with Gasteiger partial charge in [-0.3, -0.25) is 4.79 Å². The first-order valence-electron chi connectivity index (χ1n) is 11.1. The number of hydrogen-bond acceptors (Lipinski definition) is 7. The summed E-state index contributed by atoms with van der Waals surface area (Å²) in [5.74, 6) is 1.30. The van der Waals surface area contributed by atoms with E-state index in [9.17, 15) is 13.2 Å². The Labute approximate surface area is 202 Å². The third-order valence-electron chi connectivity index (χ3n) is 5.92. The van der Waals surface area contributed by atoms with Crippen LogP contribution in [-0.4, -0.2) is 49.2 Å². The Balaban J connectivity index is 1.28. The predicted molar refractivity (Wildman–Crippen MR) is 131 cm³/mol. The zero-order valence-electron chi connectivity index (χ0n) is 18.7. The summed E-state index contributed by atoms with van der Waals surface area (Å²) < 4.78 is 38.3. The standard InChI is InChI=1S/C24H25N3O5S2/c1-16-11-24(33-14-23(28)25-17-5-8-21-22(12-17)32-15-31-21)26-20-7-6-18(13-19(16)20)34(29,30)27-9-3-2-4-10-27/h5-8,11-13H,2-4,9-10,14-15H2,1H3,(H,25,28). The Morgan fingerprint density at radius 2 is 1.85 bits per heavy atom. The summed E-state index contributed by atoms with van der Waals surface area (Å²) in [4.78, 5) is 17.4. The fourth-order valence-electron chi connectivity index (χ4n) is 4.14. The summed E-state index contributed by atoms with van der Waals surface area (Å²) >= 11 is 1.33. The van der Waals surface area contributed by atoms with Crippen molar-refractivity contribution in [1.82, 2.24) is 9.29 Å². The predicted octanol–water partition coefficient (Wildman–Crippen LogP) is 4.18. The highest BCUT2D eigenvalue weighted by Crippen LogP contribution is 2.34. The number of aryl methyl sites for hydroxylation is 1. The van der Waals surface area contributed by atoms with Gasteiger partial charge in [0.2, 0.25) is 22.7 Å². The molecule has 5 rings (SSSR count). The lowest BCUT2D eigenvalue weighted by Crippen LogP contribution is -2.35. The highest BCUT2D eigenvalue weighted by molar-refractivity contribution is 7.99. The van der Waals surface area contributed by atoms with Crippen molar-refractivity contribution in [2.24, 2.45) is 0 Å². The number of piperidine rings is 1. The molecule has 2 aliphatic rings. The quantitative estimate of drug-likeness (QED) is 0.508. The van der Waals surface area contributed by atoms with Crippen molar-refractivity contribution >= 4 is 44.3 Å². The van der Waals surface area contributed by atoms with Crippen LogP contribution in [0, 0.1) is 6.92 Å². The Morgan fingerprint density at radius 3 is 2.68 bits per heavy atom. The Hall–Kier alpha value is -2.82. The number of rotatable bonds is 6. The molecule has 3 aromatic rings. The van der Waals surface area contributed by atoms with Crippen LogP contribution >= 0.6 is 11.8 Å². The minimum Gasteiger partial charge on any atom is -0.454 e. The molecule has 2 aromatic carbocycles. The summed E-state index contributed by atoms with van der Waals surface area (Å²) in [7, 11) is -3.50. The Morgan fingerprint density at radius 1 is 1.06 bits per heavy atom. The van der Waals surface area contributed by atoms with E-state index in [0.29, 0.717) is 45.7 Å². The molecule has 0 atom stereocenters. The second-order valence-electron chi connectivity index (χ2n) is 8.33. The van der Waals surface area contributed by atoms with Gasteiger partial charge in [-0.25, -0.2) is 13.4 Å². The second kappa shape index (κ2) is 9.44. The van der Waals surface area contributed by atoms with Gasteiger partial charge in [-0.15, -0.1) is 0 Å². The summed E-state index contributed by atoms with van der Waals surface area (Å²) in [5, 5.41) is 4.36. The number of fused-ring (bicyclic) bond motifs is 2. The van der Waals surface area contributed by atoms with Crippen LogP contribution in [0.2, 0.25) is 0 Å². The fourth-order valence-corrected chi connectivity index (χ4v) is 6.46. The third kappa shape index (κ3) is 4.70.